The van der Waals surface area contributed by atoms with E-state index in [0.29, 0.717) is 16.7 Å². The Labute approximate surface area is 138 Å². The number of rotatable bonds is 4. The predicted octanol–water partition coefficient (Wildman–Crippen LogP) is 3.98. The topological polar surface area (TPSA) is 64.1 Å². The van der Waals surface area contributed by atoms with E-state index in [4.69, 9.17) is 4.74 Å². The Morgan fingerprint density at radius 3 is 2.29 bits per heavy atom. The van der Waals surface area contributed by atoms with Crippen LogP contribution in [0.4, 0.5) is 18.0 Å². The van der Waals surface area contributed by atoms with Gasteiger partial charge in [-0.3, -0.25) is 0 Å². The van der Waals surface area contributed by atoms with Crippen LogP contribution in [0.5, 0.6) is 0 Å². The highest BCUT2D eigenvalue weighted by atomic mass is 19.4. The first-order valence-corrected chi connectivity index (χ1v) is 7.11. The summed E-state index contributed by atoms with van der Waals surface area (Å²) in [4.78, 5) is 18.1. The first-order valence-electron chi connectivity index (χ1n) is 7.11. The maximum absolute atomic E-state index is 12.4. The van der Waals surface area contributed by atoms with Crippen molar-refractivity contribution in [1.29, 1.82) is 0 Å². The molecule has 0 spiro atoms. The Balaban J connectivity index is 2.65. The fraction of sp³-hybridized carbons (Fsp3) is 0.438. The van der Waals surface area contributed by atoms with Crippen LogP contribution in [-0.2, 0) is 10.9 Å². The molecule has 5 nitrogen and oxygen atoms in total. The van der Waals surface area contributed by atoms with Gasteiger partial charge in [-0.05, 0) is 38.8 Å². The highest BCUT2D eigenvalue weighted by Crippen LogP contribution is 2.26. The molecule has 1 heterocycles. The molecule has 1 amide bonds. The van der Waals surface area contributed by atoms with Crippen LogP contribution in [0, 0.1) is 0 Å². The molecule has 1 aromatic heterocycles. The van der Waals surface area contributed by atoms with E-state index in [0.717, 1.165) is 12.4 Å². The van der Waals surface area contributed by atoms with E-state index in [-0.39, 0.29) is 6.54 Å². The zero-order valence-corrected chi connectivity index (χ0v) is 14.0. The van der Waals surface area contributed by atoms with Crippen molar-refractivity contribution in [2.24, 2.45) is 0 Å². The number of nitrogens with zero attached hydrogens (tertiary/aromatic N) is 2. The Hall–Kier alpha value is -2.38. The minimum Gasteiger partial charge on any atom is -0.444 e. The average Bonchev–Trinajstić information content (AvgIpc) is 2.42. The quantitative estimate of drug-likeness (QED) is 0.840. The molecule has 0 atom stereocenters. The third-order valence-corrected chi connectivity index (χ3v) is 2.64. The molecule has 0 aliphatic heterocycles. The Morgan fingerprint density at radius 1 is 1.29 bits per heavy atom. The molecule has 132 valence electrons. The van der Waals surface area contributed by atoms with Crippen molar-refractivity contribution in [2.45, 2.75) is 39.5 Å². The van der Waals surface area contributed by atoms with Crippen LogP contribution in [0.15, 0.2) is 30.6 Å². The van der Waals surface area contributed by atoms with E-state index >= 15 is 0 Å². The number of halogens is 3. The lowest BCUT2D eigenvalue weighted by Crippen LogP contribution is -2.33. The van der Waals surface area contributed by atoms with E-state index in [1.54, 1.807) is 33.8 Å². The molecule has 0 fully saturated rings. The average molecular weight is 343 g/mol. The number of hydrogen-bond acceptors (Lipinski definition) is 4. The lowest BCUT2D eigenvalue weighted by atomic mass is 10.1. The predicted molar refractivity (Wildman–Crippen MR) is 84.1 cm³/mol. The SMILES string of the molecule is C=C(/C=C(\C)c1cnc(C(F)(F)F)nc1)CNC(=O)OC(C)(C)C. The minimum atomic E-state index is -4.57. The van der Waals surface area contributed by atoms with E-state index in [1.807, 2.05) is 0 Å². The molecule has 0 aliphatic carbocycles. The van der Waals surface area contributed by atoms with Crippen molar-refractivity contribution in [2.75, 3.05) is 6.54 Å². The third kappa shape index (κ3) is 6.80. The fourth-order valence-corrected chi connectivity index (χ4v) is 1.62. The van der Waals surface area contributed by atoms with Crippen LogP contribution in [0.25, 0.3) is 5.57 Å². The van der Waals surface area contributed by atoms with E-state index in [1.165, 1.54) is 0 Å². The second-order valence-corrected chi connectivity index (χ2v) is 6.13. The number of ether oxygens (including phenoxy) is 1. The largest absolute Gasteiger partial charge is 0.451 e. The van der Waals surface area contributed by atoms with E-state index in [2.05, 4.69) is 21.9 Å². The number of allylic oxidation sites excluding steroid dienone is 1. The molecule has 8 heteroatoms. The lowest BCUT2D eigenvalue weighted by Gasteiger charge is -2.19. The summed E-state index contributed by atoms with van der Waals surface area (Å²) >= 11 is 0. The van der Waals surface area contributed by atoms with Crippen LogP contribution in [0.2, 0.25) is 0 Å². The molecule has 0 bridgehead atoms. The fourth-order valence-electron chi connectivity index (χ4n) is 1.62. The summed E-state index contributed by atoms with van der Waals surface area (Å²) in [6.07, 6.45) is -1.33. The molecular formula is C16H20F3N3O2. The summed E-state index contributed by atoms with van der Waals surface area (Å²) in [5, 5.41) is 2.54. The van der Waals surface area contributed by atoms with Gasteiger partial charge in [0.1, 0.15) is 5.60 Å². The molecule has 24 heavy (non-hydrogen) atoms. The number of amides is 1. The Morgan fingerprint density at radius 2 is 1.83 bits per heavy atom. The normalized spacial score (nSPS) is 12.7. The molecule has 0 aliphatic rings. The minimum absolute atomic E-state index is 0.147. The molecule has 0 saturated carbocycles. The Bertz CT molecular complexity index is 629. The third-order valence-electron chi connectivity index (χ3n) is 2.64. The number of alkyl carbamates (subject to hydrolysis) is 1. The second-order valence-electron chi connectivity index (χ2n) is 6.13. The number of carbonyl (C=O) groups excluding carboxylic acids is 1. The molecule has 1 rings (SSSR count). The lowest BCUT2D eigenvalue weighted by molar-refractivity contribution is -0.145. The van der Waals surface area contributed by atoms with Crippen molar-refractivity contribution in [1.82, 2.24) is 15.3 Å². The number of alkyl halides is 3. The van der Waals surface area contributed by atoms with Crippen LogP contribution in [-0.4, -0.2) is 28.2 Å². The second kappa shape index (κ2) is 7.46. The van der Waals surface area contributed by atoms with Gasteiger partial charge in [0.05, 0.1) is 0 Å². The number of aromatic nitrogens is 2. The zero-order chi connectivity index (χ0) is 18.5. The molecule has 0 unspecified atom stereocenters. The van der Waals surface area contributed by atoms with Crippen molar-refractivity contribution < 1.29 is 22.7 Å². The van der Waals surface area contributed by atoms with Gasteiger partial charge in [0.2, 0.25) is 5.82 Å². The first kappa shape index (κ1) is 19.7. The smallest absolute Gasteiger partial charge is 0.444 e. The first-order chi connectivity index (χ1) is 10.9. The van der Waals surface area contributed by atoms with Crippen LogP contribution in [0.1, 0.15) is 39.1 Å². The highest BCUT2D eigenvalue weighted by molar-refractivity contribution is 5.69. The zero-order valence-electron chi connectivity index (χ0n) is 14.0. The van der Waals surface area contributed by atoms with E-state index < -0.39 is 23.7 Å². The van der Waals surface area contributed by atoms with Crippen molar-refractivity contribution >= 4 is 11.7 Å². The van der Waals surface area contributed by atoms with Crippen LogP contribution >= 0.6 is 0 Å². The van der Waals surface area contributed by atoms with Gasteiger partial charge in [0, 0.05) is 24.5 Å². The summed E-state index contributed by atoms with van der Waals surface area (Å²) in [7, 11) is 0. The molecule has 1 aromatic rings. The summed E-state index contributed by atoms with van der Waals surface area (Å²) < 4.78 is 42.3. The highest BCUT2D eigenvalue weighted by Gasteiger charge is 2.34. The van der Waals surface area contributed by atoms with Gasteiger partial charge < -0.3 is 10.1 Å². The van der Waals surface area contributed by atoms with Gasteiger partial charge >= 0.3 is 12.3 Å². The maximum atomic E-state index is 12.4. The van der Waals surface area contributed by atoms with Gasteiger partial charge in [0.25, 0.3) is 0 Å². The van der Waals surface area contributed by atoms with Gasteiger partial charge in [-0.1, -0.05) is 12.7 Å². The summed E-state index contributed by atoms with van der Waals surface area (Å²) in [5.74, 6) is -1.19. The standard InChI is InChI=1S/C16H20F3N3O2/c1-10(7-22-14(23)24-15(3,4)5)6-11(2)12-8-20-13(21-9-12)16(17,18)19/h6,8-9H,1,7H2,2-5H3,(H,22,23)/b11-6+. The molecule has 0 aromatic carbocycles. The van der Waals surface area contributed by atoms with E-state index in [9.17, 15) is 18.0 Å². The number of hydrogen-bond donors (Lipinski definition) is 1. The van der Waals surface area contributed by atoms with Crippen molar-refractivity contribution in [3.05, 3.63) is 42.0 Å². The number of carbonyl (C=O) groups is 1. The molecular weight excluding hydrogens is 323 g/mol. The number of nitrogens with one attached hydrogen (secondary N) is 1. The molecule has 1 N–H and O–H groups in total. The van der Waals surface area contributed by atoms with Crippen molar-refractivity contribution in [3.8, 4) is 0 Å². The molecule has 0 saturated heterocycles. The maximum Gasteiger partial charge on any atom is 0.451 e. The summed E-state index contributed by atoms with van der Waals surface area (Å²) in [6.45, 7) is 10.8. The van der Waals surface area contributed by atoms with Crippen LogP contribution < -0.4 is 5.32 Å². The van der Waals surface area contributed by atoms with Gasteiger partial charge in [0.15, 0.2) is 0 Å². The monoisotopic (exact) mass is 343 g/mol. The van der Waals surface area contributed by atoms with Gasteiger partial charge in [-0.15, -0.1) is 0 Å². The molecule has 0 radical (unpaired) electrons. The Kier molecular flexibility index (Phi) is 6.11. The summed E-state index contributed by atoms with van der Waals surface area (Å²) in [6, 6.07) is 0. The summed E-state index contributed by atoms with van der Waals surface area (Å²) in [5.41, 5.74) is 1.01. The van der Waals surface area contributed by atoms with Gasteiger partial charge in [-0.2, -0.15) is 13.2 Å². The van der Waals surface area contributed by atoms with Gasteiger partial charge in [-0.25, -0.2) is 14.8 Å². The van der Waals surface area contributed by atoms with Crippen molar-refractivity contribution in [3.63, 3.8) is 0 Å². The van der Waals surface area contributed by atoms with Crippen LogP contribution in [0.3, 0.4) is 0 Å².